The quantitative estimate of drug-likeness (QED) is 0.773. The largest absolute Gasteiger partial charge is 0.293 e. The molecule has 1 aromatic carbocycles. The predicted octanol–water partition coefficient (Wildman–Crippen LogP) is 4.01. The van der Waals surface area contributed by atoms with Crippen LogP contribution < -0.4 is 0 Å². The number of hydrogen-bond acceptors (Lipinski definition) is 3. The van der Waals surface area contributed by atoms with E-state index in [-0.39, 0.29) is 10.5 Å². The summed E-state index contributed by atoms with van der Waals surface area (Å²) in [4.78, 5) is 17.1. The number of pyridine rings is 1. The lowest BCUT2D eigenvalue weighted by Gasteiger charge is -2.21. The summed E-state index contributed by atoms with van der Waals surface area (Å²) in [6.45, 7) is 4.05. The molecule has 0 N–H and O–H groups in total. The van der Waals surface area contributed by atoms with Crippen molar-refractivity contribution < 1.29 is 4.79 Å². The molecule has 3 heteroatoms. The fourth-order valence-corrected chi connectivity index (χ4v) is 3.91. The smallest absolute Gasteiger partial charge is 0.178 e. The summed E-state index contributed by atoms with van der Waals surface area (Å²) in [5.41, 5.74) is 2.78. The fourth-order valence-electron chi connectivity index (χ4n) is 2.63. The third kappa shape index (κ3) is 2.27. The minimum Gasteiger partial charge on any atom is -0.293 e. The van der Waals surface area contributed by atoms with Crippen molar-refractivity contribution in [2.75, 3.05) is 5.75 Å². The molecule has 0 saturated carbocycles. The van der Waals surface area contributed by atoms with Crippen LogP contribution in [0.1, 0.15) is 35.8 Å². The van der Waals surface area contributed by atoms with Gasteiger partial charge in [-0.15, -0.1) is 11.8 Å². The van der Waals surface area contributed by atoms with Crippen LogP contribution in [0.15, 0.2) is 30.3 Å². The van der Waals surface area contributed by atoms with Gasteiger partial charge < -0.3 is 0 Å². The molecule has 0 spiro atoms. The Labute approximate surface area is 117 Å². The molecular weight excluding hydrogens is 254 g/mol. The highest BCUT2D eigenvalue weighted by atomic mass is 32.2. The normalized spacial score (nSPS) is 22.8. The lowest BCUT2D eigenvalue weighted by atomic mass is 9.94. The molecule has 2 nitrogen and oxygen atoms in total. The number of carbonyl (C=O) groups is 1. The van der Waals surface area contributed by atoms with Crippen LogP contribution in [0.4, 0.5) is 0 Å². The molecule has 2 aromatic rings. The Morgan fingerprint density at radius 2 is 2.16 bits per heavy atom. The van der Waals surface area contributed by atoms with E-state index in [1.54, 1.807) is 11.8 Å². The monoisotopic (exact) mass is 271 g/mol. The van der Waals surface area contributed by atoms with Crippen molar-refractivity contribution in [2.45, 2.75) is 31.4 Å². The third-order valence-electron chi connectivity index (χ3n) is 3.79. The zero-order valence-electron chi connectivity index (χ0n) is 11.3. The van der Waals surface area contributed by atoms with Crippen molar-refractivity contribution in [3.63, 3.8) is 0 Å². The van der Waals surface area contributed by atoms with Crippen LogP contribution >= 0.6 is 11.8 Å². The molecule has 0 radical (unpaired) electrons. The van der Waals surface area contributed by atoms with Gasteiger partial charge in [-0.05, 0) is 56.7 Å². The fraction of sp³-hybridized carbons (Fsp3) is 0.375. The van der Waals surface area contributed by atoms with E-state index in [4.69, 9.17) is 0 Å². The van der Waals surface area contributed by atoms with Gasteiger partial charge in [0.2, 0.25) is 0 Å². The zero-order chi connectivity index (χ0) is 13.5. The molecule has 0 amide bonds. The summed E-state index contributed by atoms with van der Waals surface area (Å²) >= 11 is 1.79. The summed E-state index contributed by atoms with van der Waals surface area (Å²) in [5, 5.41) is 1.04. The Balaban J connectivity index is 2.01. The van der Waals surface area contributed by atoms with Gasteiger partial charge in [-0.2, -0.15) is 0 Å². The van der Waals surface area contributed by atoms with Crippen LogP contribution in [-0.2, 0) is 0 Å². The third-order valence-corrected chi connectivity index (χ3v) is 5.31. The number of benzene rings is 1. The topological polar surface area (TPSA) is 30.0 Å². The first-order chi connectivity index (χ1) is 9.08. The van der Waals surface area contributed by atoms with Crippen molar-refractivity contribution in [3.05, 3.63) is 41.6 Å². The number of aryl methyl sites for hydroxylation is 1. The van der Waals surface area contributed by atoms with Crippen LogP contribution in [-0.4, -0.2) is 21.3 Å². The second-order valence-corrected chi connectivity index (χ2v) is 6.97. The Morgan fingerprint density at radius 1 is 1.32 bits per heavy atom. The minimum absolute atomic E-state index is 0.230. The van der Waals surface area contributed by atoms with Crippen molar-refractivity contribution >= 4 is 28.4 Å². The number of thioether (sulfide) groups is 1. The highest BCUT2D eigenvalue weighted by Crippen LogP contribution is 2.40. The number of hydrogen-bond donors (Lipinski definition) is 0. The Bertz CT molecular complexity index is 644. The van der Waals surface area contributed by atoms with Crippen molar-refractivity contribution in [1.29, 1.82) is 0 Å². The maximum Gasteiger partial charge on any atom is 0.178 e. The van der Waals surface area contributed by atoms with Crippen LogP contribution in [0.3, 0.4) is 0 Å². The number of nitrogens with zero attached hydrogens (tertiary/aromatic N) is 1. The first kappa shape index (κ1) is 12.7. The van der Waals surface area contributed by atoms with Crippen LogP contribution in [0.5, 0.6) is 0 Å². The van der Waals surface area contributed by atoms with Gasteiger partial charge in [0, 0.05) is 16.6 Å². The molecule has 1 unspecified atom stereocenters. The number of rotatable bonds is 2. The highest BCUT2D eigenvalue weighted by molar-refractivity contribution is 8.01. The van der Waals surface area contributed by atoms with E-state index in [1.165, 1.54) is 0 Å². The highest BCUT2D eigenvalue weighted by Gasteiger charge is 2.37. The number of ketones is 1. The van der Waals surface area contributed by atoms with Crippen LogP contribution in [0, 0.1) is 6.92 Å². The second-order valence-electron chi connectivity index (χ2n) is 5.37. The van der Waals surface area contributed by atoms with Gasteiger partial charge in [-0.1, -0.05) is 6.07 Å². The van der Waals surface area contributed by atoms with Crippen molar-refractivity contribution in [3.8, 4) is 0 Å². The van der Waals surface area contributed by atoms with Gasteiger partial charge in [-0.25, -0.2) is 0 Å². The standard InChI is InChI=1S/C16H17NOS/c1-11-4-5-12-10-13(6-7-14(12)17-11)15(18)16(2)8-3-9-19-16/h4-7,10H,3,8-9H2,1-2H3. The first-order valence-corrected chi connectivity index (χ1v) is 7.63. The van der Waals surface area contributed by atoms with E-state index in [2.05, 4.69) is 11.9 Å². The molecule has 98 valence electrons. The van der Waals surface area contributed by atoms with E-state index < -0.39 is 0 Å². The van der Waals surface area contributed by atoms with Crippen molar-refractivity contribution in [2.24, 2.45) is 0 Å². The Kier molecular flexibility index (Phi) is 3.09. The summed E-state index contributed by atoms with van der Waals surface area (Å²) in [6.07, 6.45) is 2.13. The minimum atomic E-state index is -0.230. The summed E-state index contributed by atoms with van der Waals surface area (Å²) in [6, 6.07) is 9.88. The van der Waals surface area contributed by atoms with Gasteiger partial charge in [0.05, 0.1) is 10.3 Å². The molecule has 0 bridgehead atoms. The van der Waals surface area contributed by atoms with Gasteiger partial charge in [0.15, 0.2) is 5.78 Å². The van der Waals surface area contributed by atoms with E-state index in [9.17, 15) is 4.79 Å². The molecular formula is C16H17NOS. The number of aromatic nitrogens is 1. The van der Waals surface area contributed by atoms with Gasteiger partial charge in [-0.3, -0.25) is 9.78 Å². The average molecular weight is 271 g/mol. The predicted molar refractivity (Wildman–Crippen MR) is 80.9 cm³/mol. The molecule has 3 rings (SSSR count). The van der Waals surface area contributed by atoms with Crippen molar-refractivity contribution in [1.82, 2.24) is 4.98 Å². The maximum atomic E-state index is 12.6. The van der Waals surface area contributed by atoms with E-state index in [1.807, 2.05) is 37.3 Å². The summed E-state index contributed by atoms with van der Waals surface area (Å²) in [5.74, 6) is 1.36. The molecule has 19 heavy (non-hydrogen) atoms. The number of carbonyl (C=O) groups excluding carboxylic acids is 1. The van der Waals surface area contributed by atoms with Crippen LogP contribution in [0.2, 0.25) is 0 Å². The molecule has 1 atom stereocenters. The molecule has 1 saturated heterocycles. The molecule has 1 aliphatic heterocycles. The molecule has 2 heterocycles. The second kappa shape index (κ2) is 4.64. The van der Waals surface area contributed by atoms with E-state index in [0.717, 1.165) is 40.8 Å². The van der Waals surface area contributed by atoms with Gasteiger partial charge in [0.25, 0.3) is 0 Å². The lowest BCUT2D eigenvalue weighted by Crippen LogP contribution is -2.28. The SMILES string of the molecule is Cc1ccc2cc(C(=O)C3(C)CCCS3)ccc2n1. The molecule has 1 aliphatic rings. The van der Waals surface area contributed by atoms with E-state index in [0.29, 0.717) is 0 Å². The summed E-state index contributed by atoms with van der Waals surface area (Å²) in [7, 11) is 0. The maximum absolute atomic E-state index is 12.6. The number of Topliss-reactive ketones (excluding diaryl/α,β-unsaturated/α-hetero) is 1. The number of fused-ring (bicyclic) bond motifs is 1. The Hall–Kier alpha value is -1.35. The average Bonchev–Trinajstić information content (AvgIpc) is 2.85. The lowest BCUT2D eigenvalue weighted by molar-refractivity contribution is 0.0949. The van der Waals surface area contributed by atoms with Gasteiger partial charge in [0.1, 0.15) is 0 Å². The van der Waals surface area contributed by atoms with Gasteiger partial charge >= 0.3 is 0 Å². The zero-order valence-corrected chi connectivity index (χ0v) is 12.1. The Morgan fingerprint density at radius 3 is 2.89 bits per heavy atom. The summed E-state index contributed by atoms with van der Waals surface area (Å²) < 4.78 is -0.230. The van der Waals surface area contributed by atoms with Crippen LogP contribution in [0.25, 0.3) is 10.9 Å². The van der Waals surface area contributed by atoms with E-state index >= 15 is 0 Å². The molecule has 1 aromatic heterocycles. The molecule has 0 aliphatic carbocycles. The molecule has 1 fully saturated rings. The first-order valence-electron chi connectivity index (χ1n) is 6.65.